The van der Waals surface area contributed by atoms with Crippen molar-refractivity contribution in [3.63, 3.8) is 0 Å². The lowest BCUT2D eigenvalue weighted by Gasteiger charge is -2.23. The summed E-state index contributed by atoms with van der Waals surface area (Å²) < 4.78 is 27.9. The van der Waals surface area contributed by atoms with Crippen molar-refractivity contribution in [2.75, 3.05) is 4.31 Å². The van der Waals surface area contributed by atoms with E-state index >= 15 is 0 Å². The number of thiophene rings is 1. The first-order chi connectivity index (χ1) is 11.1. The van der Waals surface area contributed by atoms with Crippen LogP contribution >= 0.6 is 11.3 Å². The second kappa shape index (κ2) is 6.52. The molecular formula is C17H16N2O2S2. The Hall–Kier alpha value is -2.18. The van der Waals surface area contributed by atoms with Gasteiger partial charge in [-0.25, -0.2) is 8.42 Å². The van der Waals surface area contributed by atoms with E-state index in [9.17, 15) is 8.42 Å². The normalized spacial score (nSPS) is 11.3. The molecule has 0 atom stereocenters. The van der Waals surface area contributed by atoms with E-state index in [1.807, 2.05) is 37.3 Å². The SMILES string of the molecule is Cc1ccc(S(=O)(=O)N(Cc2cccnc2)c2ccccc2)s1. The van der Waals surface area contributed by atoms with E-state index in [0.717, 1.165) is 10.4 Å². The largest absolute Gasteiger partial charge is 0.274 e. The molecule has 4 nitrogen and oxygen atoms in total. The Morgan fingerprint density at radius 2 is 1.83 bits per heavy atom. The summed E-state index contributed by atoms with van der Waals surface area (Å²) in [5, 5.41) is 0. The molecule has 0 saturated carbocycles. The van der Waals surface area contributed by atoms with E-state index in [1.54, 1.807) is 36.7 Å². The van der Waals surface area contributed by atoms with Crippen LogP contribution in [0.25, 0.3) is 0 Å². The van der Waals surface area contributed by atoms with E-state index in [4.69, 9.17) is 0 Å². The zero-order chi connectivity index (χ0) is 16.3. The molecule has 2 aromatic heterocycles. The Kier molecular flexibility index (Phi) is 4.45. The molecule has 0 N–H and O–H groups in total. The zero-order valence-electron chi connectivity index (χ0n) is 12.6. The summed E-state index contributed by atoms with van der Waals surface area (Å²) in [6.07, 6.45) is 3.36. The first-order valence-electron chi connectivity index (χ1n) is 7.10. The maximum atomic E-state index is 13.1. The van der Waals surface area contributed by atoms with Gasteiger partial charge in [-0.05, 0) is 42.8 Å². The number of rotatable bonds is 5. The Bertz CT molecular complexity index is 875. The second-order valence-electron chi connectivity index (χ2n) is 5.07. The fraction of sp³-hybridized carbons (Fsp3) is 0.118. The molecule has 0 unspecified atom stereocenters. The molecule has 0 radical (unpaired) electrons. The molecule has 1 aromatic carbocycles. The molecule has 118 valence electrons. The highest BCUT2D eigenvalue weighted by Gasteiger charge is 2.26. The highest BCUT2D eigenvalue weighted by atomic mass is 32.2. The molecule has 0 amide bonds. The Balaban J connectivity index is 2.05. The number of anilines is 1. The fourth-order valence-corrected chi connectivity index (χ4v) is 5.08. The molecule has 0 saturated heterocycles. The minimum absolute atomic E-state index is 0.247. The van der Waals surface area contributed by atoms with E-state index in [2.05, 4.69) is 4.98 Å². The number of hydrogen-bond donors (Lipinski definition) is 0. The quantitative estimate of drug-likeness (QED) is 0.706. The smallest absolute Gasteiger partial charge is 0.264 e. The number of hydrogen-bond acceptors (Lipinski definition) is 4. The molecule has 0 aliphatic heterocycles. The van der Waals surface area contributed by atoms with Crippen LogP contribution in [-0.2, 0) is 16.6 Å². The third-order valence-electron chi connectivity index (χ3n) is 3.35. The number of para-hydroxylation sites is 1. The molecule has 23 heavy (non-hydrogen) atoms. The lowest BCUT2D eigenvalue weighted by Crippen LogP contribution is -2.30. The summed E-state index contributed by atoms with van der Waals surface area (Å²) in [4.78, 5) is 5.04. The van der Waals surface area contributed by atoms with Gasteiger partial charge in [0, 0.05) is 17.3 Å². The van der Waals surface area contributed by atoms with Crippen LogP contribution in [0.5, 0.6) is 0 Å². The molecule has 0 aliphatic carbocycles. The van der Waals surface area contributed by atoms with Crippen molar-refractivity contribution in [3.8, 4) is 0 Å². The summed E-state index contributed by atoms with van der Waals surface area (Å²) in [5.74, 6) is 0. The van der Waals surface area contributed by atoms with Crippen molar-refractivity contribution >= 4 is 27.0 Å². The van der Waals surface area contributed by atoms with Crippen LogP contribution in [-0.4, -0.2) is 13.4 Å². The molecule has 3 aromatic rings. The minimum Gasteiger partial charge on any atom is -0.264 e. The molecule has 0 aliphatic rings. The van der Waals surface area contributed by atoms with Crippen molar-refractivity contribution in [1.29, 1.82) is 0 Å². The number of benzene rings is 1. The van der Waals surface area contributed by atoms with E-state index in [-0.39, 0.29) is 6.54 Å². The van der Waals surface area contributed by atoms with Crippen LogP contribution in [0.15, 0.2) is 71.2 Å². The van der Waals surface area contributed by atoms with Gasteiger partial charge in [0.15, 0.2) is 0 Å². The molecule has 0 fully saturated rings. The van der Waals surface area contributed by atoms with Gasteiger partial charge in [-0.15, -0.1) is 11.3 Å². The van der Waals surface area contributed by atoms with Crippen LogP contribution in [0, 0.1) is 6.92 Å². The van der Waals surface area contributed by atoms with Gasteiger partial charge in [0.05, 0.1) is 12.2 Å². The number of nitrogens with zero attached hydrogens (tertiary/aromatic N) is 2. The highest BCUT2D eigenvalue weighted by molar-refractivity contribution is 7.94. The standard InChI is InChI=1S/C17H16N2O2S2/c1-14-9-10-17(22-14)23(20,21)19(16-7-3-2-4-8-16)13-15-6-5-11-18-12-15/h2-12H,13H2,1H3. The van der Waals surface area contributed by atoms with Crippen LogP contribution in [0.3, 0.4) is 0 Å². The van der Waals surface area contributed by atoms with Crippen LogP contribution in [0.1, 0.15) is 10.4 Å². The maximum Gasteiger partial charge on any atom is 0.274 e. The third-order valence-corrected chi connectivity index (χ3v) is 6.60. The fourth-order valence-electron chi connectivity index (χ4n) is 2.23. The van der Waals surface area contributed by atoms with Gasteiger partial charge in [0.2, 0.25) is 0 Å². The van der Waals surface area contributed by atoms with Crippen molar-refractivity contribution in [2.24, 2.45) is 0 Å². The highest BCUT2D eigenvalue weighted by Crippen LogP contribution is 2.29. The topological polar surface area (TPSA) is 50.3 Å². The Morgan fingerprint density at radius 3 is 2.43 bits per heavy atom. The van der Waals surface area contributed by atoms with Gasteiger partial charge in [-0.1, -0.05) is 24.3 Å². The van der Waals surface area contributed by atoms with Crippen LogP contribution < -0.4 is 4.31 Å². The van der Waals surface area contributed by atoms with Crippen LogP contribution in [0.4, 0.5) is 5.69 Å². The summed E-state index contributed by atoms with van der Waals surface area (Å²) in [5.41, 5.74) is 1.48. The maximum absolute atomic E-state index is 13.1. The lowest BCUT2D eigenvalue weighted by molar-refractivity contribution is 0.592. The number of sulfonamides is 1. The summed E-state index contributed by atoms with van der Waals surface area (Å²) in [6, 6.07) is 16.3. The summed E-state index contributed by atoms with van der Waals surface area (Å²) >= 11 is 1.28. The predicted molar refractivity (Wildman–Crippen MR) is 93.1 cm³/mol. The number of pyridine rings is 1. The molecule has 0 spiro atoms. The monoisotopic (exact) mass is 344 g/mol. The Labute approximate surface area is 140 Å². The number of aromatic nitrogens is 1. The lowest BCUT2D eigenvalue weighted by atomic mass is 10.2. The first-order valence-corrected chi connectivity index (χ1v) is 9.36. The third kappa shape index (κ3) is 3.43. The van der Waals surface area contributed by atoms with Crippen molar-refractivity contribution in [3.05, 3.63) is 77.4 Å². The average molecular weight is 344 g/mol. The summed E-state index contributed by atoms with van der Waals surface area (Å²) in [6.45, 7) is 2.15. The zero-order valence-corrected chi connectivity index (χ0v) is 14.2. The number of aryl methyl sites for hydroxylation is 1. The van der Waals surface area contributed by atoms with E-state index in [0.29, 0.717) is 9.90 Å². The van der Waals surface area contributed by atoms with Gasteiger partial charge in [0.25, 0.3) is 10.0 Å². The van der Waals surface area contributed by atoms with Gasteiger partial charge in [0.1, 0.15) is 4.21 Å². The Morgan fingerprint density at radius 1 is 1.04 bits per heavy atom. The first kappa shape index (κ1) is 15.7. The molecule has 6 heteroatoms. The van der Waals surface area contributed by atoms with E-state index in [1.165, 1.54) is 15.6 Å². The van der Waals surface area contributed by atoms with E-state index < -0.39 is 10.0 Å². The van der Waals surface area contributed by atoms with Gasteiger partial charge in [-0.2, -0.15) is 0 Å². The van der Waals surface area contributed by atoms with Gasteiger partial charge < -0.3 is 0 Å². The van der Waals surface area contributed by atoms with Crippen molar-refractivity contribution in [1.82, 2.24) is 4.98 Å². The predicted octanol–water partition coefficient (Wildman–Crippen LogP) is 3.85. The van der Waals surface area contributed by atoms with Gasteiger partial charge >= 0.3 is 0 Å². The summed E-state index contributed by atoms with van der Waals surface area (Å²) in [7, 11) is -3.61. The second-order valence-corrected chi connectivity index (χ2v) is 8.45. The van der Waals surface area contributed by atoms with Crippen molar-refractivity contribution in [2.45, 2.75) is 17.7 Å². The molecule has 0 bridgehead atoms. The van der Waals surface area contributed by atoms with Crippen LogP contribution in [0.2, 0.25) is 0 Å². The minimum atomic E-state index is -3.61. The molecule has 2 heterocycles. The van der Waals surface area contributed by atoms with Crippen molar-refractivity contribution < 1.29 is 8.42 Å². The van der Waals surface area contributed by atoms with Gasteiger partial charge in [-0.3, -0.25) is 9.29 Å². The average Bonchev–Trinajstić information content (AvgIpc) is 3.02. The molecule has 3 rings (SSSR count). The molecular weight excluding hydrogens is 328 g/mol.